The second-order valence-corrected chi connectivity index (χ2v) is 4.32. The molecule has 4 nitrogen and oxygen atoms in total. The van der Waals surface area contributed by atoms with Crippen LogP contribution in [0, 0.1) is 6.92 Å². The minimum atomic E-state index is 0.163. The Balaban J connectivity index is 2.34. The van der Waals surface area contributed by atoms with Crippen molar-refractivity contribution in [2.75, 3.05) is 5.73 Å². The van der Waals surface area contributed by atoms with Crippen LogP contribution in [0.5, 0.6) is 0 Å². The van der Waals surface area contributed by atoms with Crippen LogP contribution in [0.3, 0.4) is 0 Å². The normalized spacial score (nSPS) is 11.2. The Hall–Kier alpha value is -1.94. The van der Waals surface area contributed by atoms with Gasteiger partial charge in [-0.1, -0.05) is 11.6 Å². The molecule has 3 N–H and O–H groups in total. The number of rotatable bonds is 1. The summed E-state index contributed by atoms with van der Waals surface area (Å²) in [4.78, 5) is 7.42. The van der Waals surface area contributed by atoms with Gasteiger partial charge in [-0.3, -0.25) is 0 Å². The predicted molar refractivity (Wildman–Crippen MR) is 68.0 cm³/mol. The van der Waals surface area contributed by atoms with E-state index in [9.17, 15) is 0 Å². The molecule has 17 heavy (non-hydrogen) atoms. The quantitative estimate of drug-likeness (QED) is 0.693. The average molecular weight is 248 g/mol. The summed E-state index contributed by atoms with van der Waals surface area (Å²) in [5.41, 5.74) is 9.21. The third-order valence-electron chi connectivity index (χ3n) is 2.73. The first-order valence-corrected chi connectivity index (χ1v) is 5.52. The molecule has 0 atom stereocenters. The lowest BCUT2D eigenvalue weighted by atomic mass is 10.1. The fourth-order valence-corrected chi connectivity index (χ4v) is 2.20. The van der Waals surface area contributed by atoms with Crippen LogP contribution in [-0.2, 0) is 0 Å². The van der Waals surface area contributed by atoms with Crippen molar-refractivity contribution in [1.29, 1.82) is 0 Å². The fourth-order valence-electron chi connectivity index (χ4n) is 2.03. The molecule has 86 valence electrons. The molecule has 0 amide bonds. The monoisotopic (exact) mass is 247 g/mol. The summed E-state index contributed by atoms with van der Waals surface area (Å²) in [6.45, 7) is 1.98. The maximum absolute atomic E-state index is 6.01. The summed E-state index contributed by atoms with van der Waals surface area (Å²) in [6, 6.07) is 5.86. The summed E-state index contributed by atoms with van der Waals surface area (Å²) < 4.78 is 5.04. The molecule has 2 aromatic heterocycles. The van der Waals surface area contributed by atoms with E-state index in [1.807, 2.05) is 25.1 Å². The summed E-state index contributed by atoms with van der Waals surface area (Å²) in [7, 11) is 0. The number of aryl methyl sites for hydroxylation is 1. The number of nitrogen functional groups attached to an aromatic ring is 1. The number of nitrogens with two attached hydrogens (primary N) is 1. The van der Waals surface area contributed by atoms with Gasteiger partial charge in [0.25, 0.3) is 6.01 Å². The summed E-state index contributed by atoms with van der Waals surface area (Å²) in [5.74, 6) is 0. The van der Waals surface area contributed by atoms with E-state index < -0.39 is 0 Å². The van der Waals surface area contributed by atoms with Crippen molar-refractivity contribution in [3.63, 3.8) is 0 Å². The Morgan fingerprint density at radius 1 is 1.41 bits per heavy atom. The van der Waals surface area contributed by atoms with Crippen LogP contribution in [-0.4, -0.2) is 9.97 Å². The number of oxazole rings is 1. The number of hydrogen-bond donors (Lipinski definition) is 2. The van der Waals surface area contributed by atoms with Crippen molar-refractivity contribution in [2.45, 2.75) is 6.92 Å². The highest BCUT2D eigenvalue weighted by Gasteiger charge is 2.14. The van der Waals surface area contributed by atoms with Crippen LogP contribution in [0.4, 0.5) is 6.01 Å². The van der Waals surface area contributed by atoms with Crippen LogP contribution < -0.4 is 5.73 Å². The van der Waals surface area contributed by atoms with E-state index in [-0.39, 0.29) is 6.01 Å². The van der Waals surface area contributed by atoms with Crippen molar-refractivity contribution < 1.29 is 4.42 Å². The first kappa shape index (κ1) is 10.2. The number of halogens is 1. The summed E-state index contributed by atoms with van der Waals surface area (Å²) in [6.07, 6.45) is 1.55. The van der Waals surface area contributed by atoms with Crippen LogP contribution in [0.25, 0.3) is 22.2 Å². The SMILES string of the molecule is Cc1[nH]c2ccc(Cl)cc2c1-c1coc(N)n1. The Morgan fingerprint density at radius 2 is 2.24 bits per heavy atom. The predicted octanol–water partition coefficient (Wildman–Crippen LogP) is 3.37. The first-order valence-electron chi connectivity index (χ1n) is 5.14. The average Bonchev–Trinajstić information content (AvgIpc) is 2.81. The van der Waals surface area contributed by atoms with Gasteiger partial charge in [-0.15, -0.1) is 0 Å². The van der Waals surface area contributed by atoms with Gasteiger partial charge in [-0.25, -0.2) is 0 Å². The molecule has 0 aliphatic rings. The van der Waals surface area contributed by atoms with E-state index in [4.69, 9.17) is 21.8 Å². The van der Waals surface area contributed by atoms with E-state index >= 15 is 0 Å². The van der Waals surface area contributed by atoms with Crippen LogP contribution >= 0.6 is 11.6 Å². The Morgan fingerprint density at radius 3 is 2.94 bits per heavy atom. The number of H-pyrrole nitrogens is 1. The zero-order chi connectivity index (χ0) is 12.0. The van der Waals surface area contributed by atoms with Gasteiger partial charge in [0, 0.05) is 27.2 Å². The molecule has 0 saturated heterocycles. The summed E-state index contributed by atoms with van der Waals surface area (Å²) >= 11 is 6.01. The maximum atomic E-state index is 6.01. The van der Waals surface area contributed by atoms with Gasteiger partial charge in [-0.2, -0.15) is 4.98 Å². The van der Waals surface area contributed by atoms with Crippen LogP contribution in [0.1, 0.15) is 5.69 Å². The van der Waals surface area contributed by atoms with E-state index in [1.54, 1.807) is 6.26 Å². The topological polar surface area (TPSA) is 67.8 Å². The third kappa shape index (κ3) is 1.57. The van der Waals surface area contributed by atoms with Gasteiger partial charge in [0.1, 0.15) is 12.0 Å². The number of nitrogens with one attached hydrogen (secondary N) is 1. The lowest BCUT2D eigenvalue weighted by Crippen LogP contribution is -1.84. The molecular formula is C12H10ClN3O. The molecule has 3 rings (SSSR count). The van der Waals surface area contributed by atoms with Crippen LogP contribution in [0.15, 0.2) is 28.9 Å². The first-order chi connectivity index (χ1) is 8.15. The molecular weight excluding hydrogens is 238 g/mol. The molecule has 0 spiro atoms. The Kier molecular flexibility index (Phi) is 2.12. The number of nitrogens with zero attached hydrogens (tertiary/aromatic N) is 1. The van der Waals surface area contributed by atoms with Gasteiger partial charge in [0.2, 0.25) is 0 Å². The Bertz CT molecular complexity index is 699. The van der Waals surface area contributed by atoms with Crippen molar-refractivity contribution in [3.05, 3.63) is 35.2 Å². The number of aromatic amines is 1. The van der Waals surface area contributed by atoms with Crippen molar-refractivity contribution in [2.24, 2.45) is 0 Å². The third-order valence-corrected chi connectivity index (χ3v) is 2.96. The molecule has 0 fully saturated rings. The second-order valence-electron chi connectivity index (χ2n) is 3.89. The number of aromatic nitrogens is 2. The van der Waals surface area contributed by atoms with E-state index in [0.29, 0.717) is 10.7 Å². The Labute approximate surface area is 102 Å². The van der Waals surface area contributed by atoms with Crippen LogP contribution in [0.2, 0.25) is 5.02 Å². The molecule has 3 aromatic rings. The zero-order valence-corrected chi connectivity index (χ0v) is 9.88. The minimum Gasteiger partial charge on any atom is -0.432 e. The van der Waals surface area contributed by atoms with E-state index in [2.05, 4.69) is 9.97 Å². The molecule has 0 saturated carbocycles. The molecule has 0 aliphatic carbocycles. The molecule has 2 heterocycles. The molecule has 0 bridgehead atoms. The number of anilines is 1. The van der Waals surface area contributed by atoms with E-state index in [1.165, 1.54) is 0 Å². The molecule has 1 aromatic carbocycles. The molecule has 0 radical (unpaired) electrons. The molecule has 0 aliphatic heterocycles. The van der Waals surface area contributed by atoms with Crippen molar-refractivity contribution in [1.82, 2.24) is 9.97 Å². The highest BCUT2D eigenvalue weighted by atomic mass is 35.5. The second kappa shape index (κ2) is 3.53. The number of hydrogen-bond acceptors (Lipinski definition) is 3. The number of benzene rings is 1. The highest BCUT2D eigenvalue weighted by Crippen LogP contribution is 2.33. The van der Waals surface area contributed by atoms with Gasteiger partial charge >= 0.3 is 0 Å². The number of fused-ring (bicyclic) bond motifs is 1. The molecule has 5 heteroatoms. The fraction of sp³-hybridized carbons (Fsp3) is 0.0833. The lowest BCUT2D eigenvalue weighted by Gasteiger charge is -1.96. The van der Waals surface area contributed by atoms with Gasteiger partial charge in [0.15, 0.2) is 0 Å². The van der Waals surface area contributed by atoms with Gasteiger partial charge in [0.05, 0.1) is 0 Å². The van der Waals surface area contributed by atoms with Gasteiger partial charge in [-0.05, 0) is 25.1 Å². The lowest BCUT2D eigenvalue weighted by molar-refractivity contribution is 0.581. The minimum absolute atomic E-state index is 0.163. The maximum Gasteiger partial charge on any atom is 0.292 e. The summed E-state index contributed by atoms with van der Waals surface area (Å²) in [5, 5.41) is 1.71. The highest BCUT2D eigenvalue weighted by molar-refractivity contribution is 6.31. The molecule has 0 unspecified atom stereocenters. The van der Waals surface area contributed by atoms with Gasteiger partial charge < -0.3 is 15.1 Å². The van der Waals surface area contributed by atoms with Crippen molar-refractivity contribution in [3.8, 4) is 11.3 Å². The van der Waals surface area contributed by atoms with E-state index in [0.717, 1.165) is 22.2 Å². The van der Waals surface area contributed by atoms with Crippen molar-refractivity contribution >= 4 is 28.5 Å². The smallest absolute Gasteiger partial charge is 0.292 e. The standard InChI is InChI=1S/C12H10ClN3O/c1-6-11(10-5-17-12(14)16-10)8-4-7(13)2-3-9(8)15-6/h2-5,15H,1H3,(H2,14,16). The zero-order valence-electron chi connectivity index (χ0n) is 9.12. The largest absolute Gasteiger partial charge is 0.432 e.